The summed E-state index contributed by atoms with van der Waals surface area (Å²) in [5, 5.41) is 9.73. The number of rotatable bonds is 3. The molecule has 2 amide bonds. The van der Waals surface area contributed by atoms with Gasteiger partial charge in [-0.15, -0.1) is 0 Å². The van der Waals surface area contributed by atoms with Crippen LogP contribution in [-0.2, 0) is 11.3 Å². The number of nitrogens with zero attached hydrogens (tertiary/aromatic N) is 1. The molecular weight excluding hydrogens is 369 g/mol. The fourth-order valence-corrected chi connectivity index (χ4v) is 3.55. The van der Waals surface area contributed by atoms with E-state index in [9.17, 15) is 14.7 Å². The lowest BCUT2D eigenvalue weighted by Crippen LogP contribution is -2.27. The maximum Gasteiger partial charge on any atom is 0.293 e. The number of thioether (sulfide) groups is 1. The summed E-state index contributed by atoms with van der Waals surface area (Å²) in [6, 6.07) is 11.4. The number of aromatic hydroxyl groups is 1. The molecule has 24 heavy (non-hydrogen) atoms. The van der Waals surface area contributed by atoms with Crippen LogP contribution in [0.2, 0.25) is 10.0 Å². The van der Waals surface area contributed by atoms with Crippen LogP contribution >= 0.6 is 35.0 Å². The van der Waals surface area contributed by atoms with Crippen LogP contribution in [0.15, 0.2) is 47.4 Å². The number of hydrogen-bond acceptors (Lipinski definition) is 4. The second kappa shape index (κ2) is 6.89. The minimum Gasteiger partial charge on any atom is -0.508 e. The van der Waals surface area contributed by atoms with Crippen molar-refractivity contribution in [3.63, 3.8) is 0 Å². The van der Waals surface area contributed by atoms with Crippen LogP contribution in [0.5, 0.6) is 5.75 Å². The molecule has 0 bridgehead atoms. The van der Waals surface area contributed by atoms with Gasteiger partial charge in [-0.3, -0.25) is 14.5 Å². The van der Waals surface area contributed by atoms with E-state index in [2.05, 4.69) is 0 Å². The van der Waals surface area contributed by atoms with Gasteiger partial charge in [-0.25, -0.2) is 0 Å². The molecule has 1 fully saturated rings. The summed E-state index contributed by atoms with van der Waals surface area (Å²) in [6.07, 6.45) is 1.61. The van der Waals surface area contributed by atoms with Gasteiger partial charge in [0.05, 0.1) is 11.4 Å². The van der Waals surface area contributed by atoms with Crippen LogP contribution < -0.4 is 0 Å². The number of phenols is 1. The molecule has 0 spiro atoms. The Bertz CT molecular complexity index is 829. The van der Waals surface area contributed by atoms with Gasteiger partial charge in [-0.1, -0.05) is 41.4 Å². The molecule has 1 saturated heterocycles. The molecule has 0 atom stereocenters. The second-order valence-electron chi connectivity index (χ2n) is 5.06. The molecule has 1 aliphatic heterocycles. The fourth-order valence-electron chi connectivity index (χ4n) is 2.20. The van der Waals surface area contributed by atoms with Crippen molar-refractivity contribution in [1.29, 1.82) is 0 Å². The van der Waals surface area contributed by atoms with Gasteiger partial charge < -0.3 is 5.11 Å². The third kappa shape index (κ3) is 3.43. The number of carbonyl (C=O) groups excluding carboxylic acids is 2. The van der Waals surface area contributed by atoms with Gasteiger partial charge in [0.25, 0.3) is 11.1 Å². The first-order valence-corrected chi connectivity index (χ1v) is 8.50. The molecule has 2 aromatic carbocycles. The Hall–Kier alpha value is -1.95. The van der Waals surface area contributed by atoms with E-state index in [1.54, 1.807) is 36.4 Å². The summed E-state index contributed by atoms with van der Waals surface area (Å²) in [6.45, 7) is 0.0239. The van der Waals surface area contributed by atoms with E-state index in [0.29, 0.717) is 26.1 Å². The van der Waals surface area contributed by atoms with Crippen molar-refractivity contribution >= 4 is 52.2 Å². The van der Waals surface area contributed by atoms with Crippen molar-refractivity contribution < 1.29 is 14.7 Å². The molecule has 0 aliphatic carbocycles. The second-order valence-corrected chi connectivity index (χ2v) is 6.87. The van der Waals surface area contributed by atoms with Gasteiger partial charge in [0.1, 0.15) is 5.75 Å². The Labute approximate surface area is 152 Å². The van der Waals surface area contributed by atoms with Gasteiger partial charge in [0.15, 0.2) is 0 Å². The Morgan fingerprint density at radius 3 is 2.29 bits per heavy atom. The molecule has 1 aliphatic rings. The summed E-state index contributed by atoms with van der Waals surface area (Å²) in [7, 11) is 0. The maximum absolute atomic E-state index is 12.5. The minimum atomic E-state index is -0.394. The lowest BCUT2D eigenvalue weighted by atomic mass is 10.2. The van der Waals surface area contributed by atoms with Crippen LogP contribution in [0.25, 0.3) is 6.08 Å². The van der Waals surface area contributed by atoms with Gasteiger partial charge in [-0.2, -0.15) is 0 Å². The van der Waals surface area contributed by atoms with E-state index in [-0.39, 0.29) is 17.5 Å². The highest BCUT2D eigenvalue weighted by Crippen LogP contribution is 2.35. The van der Waals surface area contributed by atoms with Crippen molar-refractivity contribution in [2.45, 2.75) is 6.54 Å². The van der Waals surface area contributed by atoms with Crippen LogP contribution in [-0.4, -0.2) is 21.2 Å². The zero-order valence-corrected chi connectivity index (χ0v) is 14.5. The lowest BCUT2D eigenvalue weighted by Gasteiger charge is -2.14. The number of hydrogen-bond donors (Lipinski definition) is 1. The van der Waals surface area contributed by atoms with Crippen LogP contribution in [0.4, 0.5) is 4.79 Å². The van der Waals surface area contributed by atoms with E-state index < -0.39 is 5.91 Å². The van der Waals surface area contributed by atoms with Crippen molar-refractivity contribution in [2.24, 2.45) is 0 Å². The van der Waals surface area contributed by atoms with Crippen LogP contribution in [0.3, 0.4) is 0 Å². The number of benzene rings is 2. The quantitative estimate of drug-likeness (QED) is 0.767. The highest BCUT2D eigenvalue weighted by molar-refractivity contribution is 8.18. The van der Waals surface area contributed by atoms with Gasteiger partial charge in [0, 0.05) is 15.6 Å². The first kappa shape index (κ1) is 16.9. The van der Waals surface area contributed by atoms with Crippen molar-refractivity contribution in [3.05, 3.63) is 68.5 Å². The topological polar surface area (TPSA) is 57.6 Å². The fraction of sp³-hybridized carbons (Fsp3) is 0.0588. The van der Waals surface area contributed by atoms with E-state index in [4.69, 9.17) is 23.2 Å². The van der Waals surface area contributed by atoms with Gasteiger partial charge in [0.2, 0.25) is 0 Å². The van der Waals surface area contributed by atoms with Gasteiger partial charge >= 0.3 is 0 Å². The molecule has 1 N–H and O–H groups in total. The number of imide groups is 1. The third-order valence-corrected chi connectivity index (χ3v) is 5.06. The third-order valence-electron chi connectivity index (χ3n) is 3.44. The molecule has 2 aromatic rings. The highest BCUT2D eigenvalue weighted by Gasteiger charge is 2.35. The Morgan fingerprint density at radius 2 is 1.67 bits per heavy atom. The molecular formula is C17H11Cl2NO3S. The maximum atomic E-state index is 12.5. The predicted octanol–water partition coefficient (Wildman–Crippen LogP) is 4.94. The Balaban J connectivity index is 1.85. The van der Waals surface area contributed by atoms with Crippen molar-refractivity contribution in [1.82, 2.24) is 4.90 Å². The average Bonchev–Trinajstić information content (AvgIpc) is 2.80. The monoisotopic (exact) mass is 379 g/mol. The van der Waals surface area contributed by atoms with E-state index in [1.165, 1.54) is 12.1 Å². The molecule has 122 valence electrons. The minimum absolute atomic E-state index is 0.0239. The molecule has 0 radical (unpaired) electrons. The zero-order chi connectivity index (χ0) is 17.3. The average molecular weight is 380 g/mol. The number of halogens is 2. The van der Waals surface area contributed by atoms with Gasteiger partial charge in [-0.05, 0) is 47.7 Å². The Morgan fingerprint density at radius 1 is 1.04 bits per heavy atom. The Kier molecular flexibility index (Phi) is 4.85. The van der Waals surface area contributed by atoms with Crippen LogP contribution in [0.1, 0.15) is 11.1 Å². The largest absolute Gasteiger partial charge is 0.508 e. The highest BCUT2D eigenvalue weighted by atomic mass is 35.5. The van der Waals surface area contributed by atoms with Crippen molar-refractivity contribution in [3.8, 4) is 5.75 Å². The summed E-state index contributed by atoms with van der Waals surface area (Å²) in [5.74, 6) is -0.261. The molecule has 7 heteroatoms. The number of amides is 2. The molecule has 1 heterocycles. The van der Waals surface area contributed by atoms with Crippen LogP contribution in [0, 0.1) is 0 Å². The molecule has 4 nitrogen and oxygen atoms in total. The zero-order valence-electron chi connectivity index (χ0n) is 12.2. The number of carbonyl (C=O) groups is 2. The summed E-state index contributed by atoms with van der Waals surface area (Å²) >= 11 is 13.1. The molecule has 0 unspecified atom stereocenters. The standard InChI is InChI=1S/C17H11Cl2NO3S/c18-13-2-1-3-14(19)12(13)9-20-16(22)15(24-17(20)23)8-10-4-6-11(21)7-5-10/h1-8,21H,9H2/b15-8-. The smallest absolute Gasteiger partial charge is 0.293 e. The normalized spacial score (nSPS) is 16.2. The first-order chi connectivity index (χ1) is 11.5. The number of phenolic OH excluding ortho intramolecular Hbond substituents is 1. The van der Waals surface area contributed by atoms with E-state index in [1.807, 2.05) is 0 Å². The summed E-state index contributed by atoms with van der Waals surface area (Å²) in [4.78, 5) is 26.1. The summed E-state index contributed by atoms with van der Waals surface area (Å²) in [5.41, 5.74) is 1.25. The molecule has 3 rings (SSSR count). The van der Waals surface area contributed by atoms with E-state index >= 15 is 0 Å². The molecule has 0 saturated carbocycles. The van der Waals surface area contributed by atoms with E-state index in [0.717, 1.165) is 16.7 Å². The predicted molar refractivity (Wildman–Crippen MR) is 96.1 cm³/mol. The van der Waals surface area contributed by atoms with Crippen molar-refractivity contribution in [2.75, 3.05) is 0 Å². The first-order valence-electron chi connectivity index (χ1n) is 6.93. The summed E-state index contributed by atoms with van der Waals surface area (Å²) < 4.78 is 0. The lowest BCUT2D eigenvalue weighted by molar-refractivity contribution is -0.123. The molecule has 0 aromatic heterocycles. The SMILES string of the molecule is O=C1S/C(=C\c2ccc(O)cc2)C(=O)N1Cc1c(Cl)cccc1Cl.